The van der Waals surface area contributed by atoms with Crippen molar-refractivity contribution in [3.63, 3.8) is 0 Å². The summed E-state index contributed by atoms with van der Waals surface area (Å²) in [6, 6.07) is 7.10. The average Bonchev–Trinajstić information content (AvgIpc) is 3.34. The van der Waals surface area contributed by atoms with Gasteiger partial charge in [0, 0.05) is 44.6 Å². The van der Waals surface area contributed by atoms with E-state index in [1.54, 1.807) is 29.4 Å². The summed E-state index contributed by atoms with van der Waals surface area (Å²) in [7, 11) is 1.50. The molecule has 0 aromatic carbocycles. The van der Waals surface area contributed by atoms with Gasteiger partial charge in [-0.1, -0.05) is 6.07 Å². The molecule has 0 bridgehead atoms. The van der Waals surface area contributed by atoms with Crippen LogP contribution >= 0.6 is 0 Å². The van der Waals surface area contributed by atoms with E-state index in [-0.39, 0.29) is 17.6 Å². The van der Waals surface area contributed by atoms with Crippen LogP contribution in [0, 0.1) is 5.41 Å². The van der Waals surface area contributed by atoms with Crippen molar-refractivity contribution in [3.05, 3.63) is 48.0 Å². The van der Waals surface area contributed by atoms with Gasteiger partial charge in [-0.3, -0.25) is 14.6 Å². The summed E-state index contributed by atoms with van der Waals surface area (Å²) in [4.78, 5) is 33.7. The highest BCUT2D eigenvalue weighted by Crippen LogP contribution is 2.41. The summed E-state index contributed by atoms with van der Waals surface area (Å²) in [6.45, 7) is 2.32. The SMILES string of the molecule is COc1ccc(C(=O)N2CC[C@@]3(CCCN(Cc4cccnc4)C3=O)C2)o1. The first-order valence-electron chi connectivity index (χ1n) is 9.23. The van der Waals surface area contributed by atoms with Gasteiger partial charge in [-0.15, -0.1) is 0 Å². The van der Waals surface area contributed by atoms with Crippen molar-refractivity contribution >= 4 is 11.8 Å². The Morgan fingerprint density at radius 3 is 2.93 bits per heavy atom. The molecule has 0 saturated carbocycles. The van der Waals surface area contributed by atoms with E-state index in [2.05, 4.69) is 4.98 Å². The van der Waals surface area contributed by atoms with E-state index in [9.17, 15) is 9.59 Å². The molecule has 1 spiro atoms. The Labute approximate surface area is 157 Å². The third kappa shape index (κ3) is 3.29. The third-order valence-corrected chi connectivity index (χ3v) is 5.55. The Morgan fingerprint density at radius 1 is 1.30 bits per heavy atom. The van der Waals surface area contributed by atoms with E-state index in [0.29, 0.717) is 32.0 Å². The fourth-order valence-corrected chi connectivity index (χ4v) is 4.14. The first kappa shape index (κ1) is 17.6. The van der Waals surface area contributed by atoms with Gasteiger partial charge in [0.2, 0.25) is 5.91 Å². The highest BCUT2D eigenvalue weighted by Gasteiger charge is 2.49. The lowest BCUT2D eigenvalue weighted by atomic mass is 9.78. The number of pyridine rings is 1. The van der Waals surface area contributed by atoms with Crippen LogP contribution in [-0.4, -0.2) is 53.3 Å². The number of carbonyl (C=O) groups excluding carboxylic acids is 2. The number of carbonyl (C=O) groups is 2. The maximum absolute atomic E-state index is 13.2. The van der Waals surface area contributed by atoms with Crippen molar-refractivity contribution in [2.24, 2.45) is 5.41 Å². The zero-order valence-electron chi connectivity index (χ0n) is 15.4. The summed E-state index contributed by atoms with van der Waals surface area (Å²) >= 11 is 0. The van der Waals surface area contributed by atoms with Crippen molar-refractivity contribution in [2.75, 3.05) is 26.7 Å². The second kappa shape index (κ2) is 7.06. The lowest BCUT2D eigenvalue weighted by Crippen LogP contribution is -2.50. The smallest absolute Gasteiger partial charge is 0.289 e. The van der Waals surface area contributed by atoms with Crippen LogP contribution in [0.4, 0.5) is 0 Å². The van der Waals surface area contributed by atoms with Crippen molar-refractivity contribution in [2.45, 2.75) is 25.8 Å². The van der Waals surface area contributed by atoms with Crippen LogP contribution in [0.5, 0.6) is 5.95 Å². The van der Waals surface area contributed by atoms with Crippen LogP contribution in [0.3, 0.4) is 0 Å². The van der Waals surface area contributed by atoms with E-state index in [1.165, 1.54) is 7.11 Å². The van der Waals surface area contributed by atoms with Crippen molar-refractivity contribution < 1.29 is 18.7 Å². The number of nitrogens with zero attached hydrogens (tertiary/aromatic N) is 3. The van der Waals surface area contributed by atoms with E-state index in [4.69, 9.17) is 9.15 Å². The van der Waals surface area contributed by atoms with Crippen LogP contribution in [0.1, 0.15) is 35.4 Å². The van der Waals surface area contributed by atoms with Crippen LogP contribution < -0.4 is 4.74 Å². The van der Waals surface area contributed by atoms with Crippen molar-refractivity contribution in [1.29, 1.82) is 0 Å². The van der Waals surface area contributed by atoms with Crippen LogP contribution in [0.25, 0.3) is 0 Å². The predicted octanol–water partition coefficient (Wildman–Crippen LogP) is 2.34. The van der Waals surface area contributed by atoms with Crippen LogP contribution in [-0.2, 0) is 11.3 Å². The van der Waals surface area contributed by atoms with Crippen molar-refractivity contribution in [3.8, 4) is 5.95 Å². The molecular formula is C20H23N3O4. The third-order valence-electron chi connectivity index (χ3n) is 5.55. The summed E-state index contributed by atoms with van der Waals surface area (Å²) < 4.78 is 10.4. The molecule has 1 atom stereocenters. The van der Waals surface area contributed by atoms with Gasteiger partial charge in [-0.25, -0.2) is 0 Å². The van der Waals surface area contributed by atoms with E-state index in [1.807, 2.05) is 17.0 Å². The fraction of sp³-hybridized carbons (Fsp3) is 0.450. The van der Waals surface area contributed by atoms with E-state index in [0.717, 1.165) is 24.9 Å². The number of hydrogen-bond donors (Lipinski definition) is 0. The monoisotopic (exact) mass is 369 g/mol. The molecule has 2 aromatic heterocycles. The molecule has 0 N–H and O–H groups in total. The molecule has 2 aliphatic heterocycles. The van der Waals surface area contributed by atoms with Crippen LogP contribution in [0.15, 0.2) is 41.1 Å². The number of aromatic nitrogens is 1. The largest absolute Gasteiger partial charge is 0.468 e. The molecule has 4 rings (SSSR count). The lowest BCUT2D eigenvalue weighted by molar-refractivity contribution is -0.146. The minimum Gasteiger partial charge on any atom is -0.468 e. The van der Waals surface area contributed by atoms with Gasteiger partial charge in [0.25, 0.3) is 11.9 Å². The number of likely N-dealkylation sites (tertiary alicyclic amines) is 2. The average molecular weight is 369 g/mol. The Kier molecular flexibility index (Phi) is 4.59. The number of rotatable bonds is 4. The second-order valence-corrected chi connectivity index (χ2v) is 7.27. The second-order valence-electron chi connectivity index (χ2n) is 7.27. The summed E-state index contributed by atoms with van der Waals surface area (Å²) in [6.07, 6.45) is 5.98. The molecule has 2 fully saturated rings. The number of ether oxygens (including phenoxy) is 1. The molecule has 7 heteroatoms. The van der Waals surface area contributed by atoms with Gasteiger partial charge in [-0.2, -0.15) is 0 Å². The summed E-state index contributed by atoms with van der Waals surface area (Å²) in [5.74, 6) is 0.514. The molecule has 2 aliphatic rings. The first-order valence-corrected chi connectivity index (χ1v) is 9.23. The molecule has 4 heterocycles. The quantitative estimate of drug-likeness (QED) is 0.827. The van der Waals surface area contributed by atoms with Gasteiger partial charge in [0.15, 0.2) is 5.76 Å². The van der Waals surface area contributed by atoms with E-state index < -0.39 is 5.41 Å². The molecule has 2 aromatic rings. The van der Waals surface area contributed by atoms with E-state index >= 15 is 0 Å². The minimum atomic E-state index is -0.479. The maximum atomic E-state index is 13.2. The maximum Gasteiger partial charge on any atom is 0.289 e. The number of methoxy groups -OCH3 is 1. The van der Waals surface area contributed by atoms with Gasteiger partial charge in [-0.05, 0) is 37.0 Å². The Bertz CT molecular complexity index is 835. The Balaban J connectivity index is 1.46. The molecule has 0 aliphatic carbocycles. The zero-order chi connectivity index (χ0) is 18.9. The van der Waals surface area contributed by atoms with Crippen molar-refractivity contribution in [1.82, 2.24) is 14.8 Å². The van der Waals surface area contributed by atoms with Crippen LogP contribution in [0.2, 0.25) is 0 Å². The Morgan fingerprint density at radius 2 is 2.19 bits per heavy atom. The highest BCUT2D eigenvalue weighted by atomic mass is 16.6. The molecular weight excluding hydrogens is 346 g/mol. The van der Waals surface area contributed by atoms with Gasteiger partial charge < -0.3 is 19.0 Å². The molecule has 27 heavy (non-hydrogen) atoms. The predicted molar refractivity (Wildman–Crippen MR) is 97.1 cm³/mol. The molecule has 0 unspecified atom stereocenters. The normalized spacial score (nSPS) is 22.5. The molecule has 0 radical (unpaired) electrons. The Hall–Kier alpha value is -2.83. The number of piperidine rings is 1. The molecule has 142 valence electrons. The topological polar surface area (TPSA) is 75.9 Å². The standard InChI is InChI=1S/C20H23N3O4/c1-26-17-6-5-16(27-17)18(24)23-11-8-20(14-23)7-3-10-22(19(20)25)13-15-4-2-9-21-12-15/h2,4-6,9,12H,3,7-8,10-11,13-14H2,1H3/t20-/m0/s1. The lowest BCUT2D eigenvalue weighted by Gasteiger charge is -2.39. The number of furan rings is 1. The van der Waals surface area contributed by atoms with Gasteiger partial charge in [0.1, 0.15) is 0 Å². The minimum absolute atomic E-state index is 0.143. The number of hydrogen-bond acceptors (Lipinski definition) is 5. The molecule has 2 amide bonds. The summed E-state index contributed by atoms with van der Waals surface area (Å²) in [5, 5.41) is 0. The van der Waals surface area contributed by atoms with Gasteiger partial charge in [0.05, 0.1) is 12.5 Å². The first-order chi connectivity index (χ1) is 13.1. The number of amides is 2. The molecule has 7 nitrogen and oxygen atoms in total. The highest BCUT2D eigenvalue weighted by molar-refractivity contribution is 5.93. The fourth-order valence-electron chi connectivity index (χ4n) is 4.14. The molecule has 2 saturated heterocycles. The summed E-state index contributed by atoms with van der Waals surface area (Å²) in [5.41, 5.74) is 0.545. The van der Waals surface area contributed by atoms with Gasteiger partial charge >= 0.3 is 0 Å². The zero-order valence-corrected chi connectivity index (χ0v) is 15.4.